The molecule has 1 aliphatic heterocycles. The Kier molecular flexibility index (Phi) is 5.86. The maximum Gasteiger partial charge on any atom is 0.325 e. The number of thiazole rings is 1. The number of halogens is 1. The fourth-order valence-electron chi connectivity index (χ4n) is 3.40. The van der Waals surface area contributed by atoms with E-state index in [1.54, 1.807) is 48.7 Å². The van der Waals surface area contributed by atoms with Gasteiger partial charge < -0.3 is 15.4 Å². The van der Waals surface area contributed by atoms with Crippen LogP contribution in [0, 0.1) is 0 Å². The summed E-state index contributed by atoms with van der Waals surface area (Å²) < 4.78 is 5.15. The summed E-state index contributed by atoms with van der Waals surface area (Å²) in [4.78, 5) is 43.2. The summed E-state index contributed by atoms with van der Waals surface area (Å²) in [6.07, 6.45) is 0. The zero-order valence-corrected chi connectivity index (χ0v) is 18.8. The van der Waals surface area contributed by atoms with Crippen LogP contribution in [0.5, 0.6) is 5.75 Å². The number of nitrogens with zero attached hydrogens (tertiary/aromatic N) is 2. The first-order valence-electron chi connectivity index (χ1n) is 9.61. The van der Waals surface area contributed by atoms with Crippen molar-refractivity contribution in [1.29, 1.82) is 0 Å². The molecule has 4 amide bonds. The maximum absolute atomic E-state index is 12.9. The highest BCUT2D eigenvalue weighted by molar-refractivity contribution is 7.14. The first kappa shape index (κ1) is 21.8. The van der Waals surface area contributed by atoms with Crippen LogP contribution in [-0.4, -0.2) is 41.4 Å². The van der Waals surface area contributed by atoms with Crippen LogP contribution in [0.4, 0.5) is 9.93 Å². The Bertz CT molecular complexity index is 1200. The van der Waals surface area contributed by atoms with Gasteiger partial charge in [0.25, 0.3) is 5.91 Å². The molecule has 1 atom stereocenters. The van der Waals surface area contributed by atoms with Gasteiger partial charge in [0.2, 0.25) is 5.91 Å². The second kappa shape index (κ2) is 8.60. The van der Waals surface area contributed by atoms with E-state index in [-0.39, 0.29) is 0 Å². The standard InChI is InChI=1S/C22H19ClN4O4S/c1-22(14-6-4-3-5-7-14)19(29)27(21(30)26-22)11-18(28)25-20-24-16(12-32-20)13-8-9-17(31-2)15(23)10-13/h3-10,12H,11H2,1-2H3,(H,26,30)(H,24,25,28). The average molecular weight is 471 g/mol. The molecule has 164 valence electrons. The minimum atomic E-state index is -1.22. The maximum atomic E-state index is 12.9. The number of methoxy groups -OCH3 is 1. The molecule has 3 aromatic rings. The lowest BCUT2D eigenvalue weighted by Crippen LogP contribution is -2.42. The van der Waals surface area contributed by atoms with Crippen molar-refractivity contribution < 1.29 is 19.1 Å². The number of nitrogens with one attached hydrogen (secondary N) is 2. The van der Waals surface area contributed by atoms with Gasteiger partial charge in [0, 0.05) is 10.9 Å². The molecule has 0 bridgehead atoms. The molecule has 8 nitrogen and oxygen atoms in total. The van der Waals surface area contributed by atoms with E-state index in [0.717, 1.165) is 10.5 Å². The van der Waals surface area contributed by atoms with Gasteiger partial charge in [0.15, 0.2) is 5.13 Å². The van der Waals surface area contributed by atoms with Crippen molar-refractivity contribution in [3.05, 3.63) is 64.5 Å². The Morgan fingerprint density at radius 3 is 2.69 bits per heavy atom. The van der Waals surface area contributed by atoms with Gasteiger partial charge in [-0.2, -0.15) is 0 Å². The Morgan fingerprint density at radius 2 is 2.00 bits per heavy atom. The minimum absolute atomic E-state index is 0.342. The molecule has 1 aromatic heterocycles. The second-order valence-corrected chi connectivity index (χ2v) is 8.51. The molecule has 4 rings (SSSR count). The Labute approximate surface area is 193 Å². The van der Waals surface area contributed by atoms with Gasteiger partial charge in [0.1, 0.15) is 17.8 Å². The van der Waals surface area contributed by atoms with Gasteiger partial charge in [-0.25, -0.2) is 9.78 Å². The van der Waals surface area contributed by atoms with Crippen LogP contribution in [0.15, 0.2) is 53.9 Å². The summed E-state index contributed by atoms with van der Waals surface area (Å²) >= 11 is 7.39. The van der Waals surface area contributed by atoms with Crippen molar-refractivity contribution in [3.63, 3.8) is 0 Å². The molecule has 2 heterocycles. The molecule has 1 saturated heterocycles. The SMILES string of the molecule is COc1ccc(-c2csc(NC(=O)CN3C(=O)NC(C)(c4ccccc4)C3=O)n2)cc1Cl. The molecule has 0 saturated carbocycles. The number of anilines is 1. The Balaban J connectivity index is 1.44. The lowest BCUT2D eigenvalue weighted by atomic mass is 9.92. The molecule has 1 unspecified atom stereocenters. The van der Waals surface area contributed by atoms with Gasteiger partial charge in [-0.3, -0.25) is 14.5 Å². The number of amides is 4. The van der Waals surface area contributed by atoms with Gasteiger partial charge >= 0.3 is 6.03 Å². The first-order valence-corrected chi connectivity index (χ1v) is 10.9. The highest BCUT2D eigenvalue weighted by atomic mass is 35.5. The first-order chi connectivity index (χ1) is 15.3. The number of ether oxygens (including phenoxy) is 1. The van der Waals surface area contributed by atoms with E-state index >= 15 is 0 Å². The van der Waals surface area contributed by atoms with Crippen LogP contribution >= 0.6 is 22.9 Å². The number of urea groups is 1. The number of benzene rings is 2. The van der Waals surface area contributed by atoms with E-state index in [2.05, 4.69) is 15.6 Å². The van der Waals surface area contributed by atoms with Crippen molar-refractivity contribution in [2.24, 2.45) is 0 Å². The van der Waals surface area contributed by atoms with Crippen LogP contribution in [-0.2, 0) is 15.1 Å². The zero-order valence-electron chi connectivity index (χ0n) is 17.2. The highest BCUT2D eigenvalue weighted by Gasteiger charge is 2.49. The smallest absolute Gasteiger partial charge is 0.325 e. The van der Waals surface area contributed by atoms with Crippen molar-refractivity contribution >= 4 is 45.9 Å². The molecule has 32 heavy (non-hydrogen) atoms. The monoisotopic (exact) mass is 470 g/mol. The van der Waals surface area contributed by atoms with E-state index in [9.17, 15) is 14.4 Å². The van der Waals surface area contributed by atoms with Crippen LogP contribution in [0.2, 0.25) is 5.02 Å². The summed E-state index contributed by atoms with van der Waals surface area (Å²) in [5, 5.41) is 7.88. The van der Waals surface area contributed by atoms with Crippen LogP contribution in [0.3, 0.4) is 0 Å². The third kappa shape index (κ3) is 4.04. The lowest BCUT2D eigenvalue weighted by Gasteiger charge is -2.21. The number of carbonyl (C=O) groups excluding carboxylic acids is 3. The zero-order chi connectivity index (χ0) is 22.9. The van der Waals surface area contributed by atoms with Crippen molar-refractivity contribution in [2.75, 3.05) is 19.0 Å². The Morgan fingerprint density at radius 1 is 1.25 bits per heavy atom. The molecular weight excluding hydrogens is 452 g/mol. The summed E-state index contributed by atoms with van der Waals surface area (Å²) in [5.41, 5.74) is 0.811. The summed E-state index contributed by atoms with van der Waals surface area (Å²) in [6, 6.07) is 13.5. The third-order valence-electron chi connectivity index (χ3n) is 5.13. The topological polar surface area (TPSA) is 101 Å². The Hall–Kier alpha value is -3.43. The third-order valence-corrected chi connectivity index (χ3v) is 6.18. The molecule has 10 heteroatoms. The number of aromatic nitrogens is 1. The van der Waals surface area contributed by atoms with Crippen LogP contribution in [0.1, 0.15) is 12.5 Å². The predicted molar refractivity (Wildman–Crippen MR) is 122 cm³/mol. The number of rotatable bonds is 6. The minimum Gasteiger partial charge on any atom is -0.495 e. The molecule has 2 N–H and O–H groups in total. The molecular formula is C22H19ClN4O4S. The average Bonchev–Trinajstić information content (AvgIpc) is 3.33. The molecule has 2 aromatic carbocycles. The summed E-state index contributed by atoms with van der Waals surface area (Å²) in [6.45, 7) is 1.20. The summed E-state index contributed by atoms with van der Waals surface area (Å²) in [7, 11) is 1.53. The van der Waals surface area contributed by atoms with Gasteiger partial charge in [-0.15, -0.1) is 11.3 Å². The van der Waals surface area contributed by atoms with E-state index in [1.165, 1.54) is 18.4 Å². The lowest BCUT2D eigenvalue weighted by molar-refractivity contribution is -0.133. The van der Waals surface area contributed by atoms with Gasteiger partial charge in [-0.05, 0) is 30.7 Å². The van der Waals surface area contributed by atoms with E-state index in [4.69, 9.17) is 16.3 Å². The normalized spacial score (nSPS) is 17.9. The largest absolute Gasteiger partial charge is 0.495 e. The number of carbonyl (C=O) groups is 3. The predicted octanol–water partition coefficient (Wildman–Crippen LogP) is 3.88. The van der Waals surface area contributed by atoms with Crippen LogP contribution in [0.25, 0.3) is 11.3 Å². The molecule has 0 radical (unpaired) electrons. The van der Waals surface area contributed by atoms with Crippen molar-refractivity contribution in [2.45, 2.75) is 12.5 Å². The molecule has 0 aliphatic carbocycles. The van der Waals surface area contributed by atoms with Crippen LogP contribution < -0.4 is 15.4 Å². The van der Waals surface area contributed by atoms with Crippen molar-refractivity contribution in [3.8, 4) is 17.0 Å². The second-order valence-electron chi connectivity index (χ2n) is 7.25. The van der Waals surface area contributed by atoms with Gasteiger partial charge in [0.05, 0.1) is 17.8 Å². The fourth-order valence-corrected chi connectivity index (χ4v) is 4.39. The van der Waals surface area contributed by atoms with E-state index in [1.807, 2.05) is 12.1 Å². The van der Waals surface area contributed by atoms with E-state index in [0.29, 0.717) is 27.2 Å². The number of hydrogen-bond donors (Lipinski definition) is 2. The number of hydrogen-bond acceptors (Lipinski definition) is 6. The van der Waals surface area contributed by atoms with Crippen molar-refractivity contribution in [1.82, 2.24) is 15.2 Å². The molecule has 0 spiro atoms. The highest BCUT2D eigenvalue weighted by Crippen LogP contribution is 2.32. The van der Waals surface area contributed by atoms with Gasteiger partial charge in [-0.1, -0.05) is 41.9 Å². The summed E-state index contributed by atoms with van der Waals surface area (Å²) in [5.74, 6) is -0.466. The van der Waals surface area contributed by atoms with E-state index < -0.39 is 29.9 Å². The number of imide groups is 1. The molecule has 1 fully saturated rings. The fraction of sp³-hybridized carbons (Fsp3) is 0.182. The molecule has 1 aliphatic rings. The quantitative estimate of drug-likeness (QED) is 0.532.